The topological polar surface area (TPSA) is 135 Å². The molecule has 4 aliphatic rings. The molecule has 10 heteroatoms. The fourth-order valence-electron chi connectivity index (χ4n) is 6.20. The number of fused-ring (bicyclic) bond motifs is 1. The molecule has 4 heterocycles. The van der Waals surface area contributed by atoms with Gasteiger partial charge in [-0.1, -0.05) is 31.4 Å². The molecule has 2 N–H and O–H groups in total. The summed E-state index contributed by atoms with van der Waals surface area (Å²) in [4.78, 5) is 31.3. The highest BCUT2D eigenvalue weighted by atomic mass is 35.5. The van der Waals surface area contributed by atoms with Crippen molar-refractivity contribution in [3.8, 4) is 0 Å². The first-order chi connectivity index (χ1) is 18.5. The van der Waals surface area contributed by atoms with Crippen LogP contribution in [0.25, 0.3) is 6.08 Å². The normalized spacial score (nSPS) is 37.3. The van der Waals surface area contributed by atoms with Gasteiger partial charge in [0.25, 0.3) is 0 Å². The molecule has 2 saturated heterocycles. The van der Waals surface area contributed by atoms with Crippen molar-refractivity contribution >= 4 is 29.4 Å². The van der Waals surface area contributed by atoms with Gasteiger partial charge in [0, 0.05) is 19.8 Å². The number of carbonyl (C=O) groups excluding carboxylic acids is 2. The van der Waals surface area contributed by atoms with Crippen LogP contribution in [-0.4, -0.2) is 57.0 Å². The summed E-state index contributed by atoms with van der Waals surface area (Å²) in [6.45, 7) is 5.70. The number of nitrogens with zero attached hydrogens (tertiary/aromatic N) is 1. The Bertz CT molecular complexity index is 1160. The van der Waals surface area contributed by atoms with Gasteiger partial charge in [-0.05, 0) is 44.6 Å². The summed E-state index contributed by atoms with van der Waals surface area (Å²) < 4.78 is 22.3. The van der Waals surface area contributed by atoms with E-state index in [-0.39, 0.29) is 35.7 Å². The van der Waals surface area contributed by atoms with Gasteiger partial charge < -0.3 is 28.8 Å². The first-order valence-corrected chi connectivity index (χ1v) is 14.3. The Balaban J connectivity index is 1.40. The van der Waals surface area contributed by atoms with Crippen LogP contribution in [0.1, 0.15) is 83.2 Å². The van der Waals surface area contributed by atoms with E-state index in [0.717, 1.165) is 25.7 Å². The van der Waals surface area contributed by atoms with E-state index in [4.69, 9.17) is 30.2 Å². The Morgan fingerprint density at radius 1 is 1.23 bits per heavy atom. The number of aliphatic hydroxyl groups excluding tert-OH is 2. The second-order valence-corrected chi connectivity index (χ2v) is 12.4. The molecule has 9 nitrogen and oxygen atoms in total. The minimum absolute atomic E-state index is 0.137. The Labute approximate surface area is 233 Å². The lowest BCUT2D eigenvalue weighted by molar-refractivity contribution is -0.162. The van der Waals surface area contributed by atoms with Gasteiger partial charge in [-0.3, -0.25) is 9.59 Å². The van der Waals surface area contributed by atoms with E-state index in [2.05, 4.69) is 4.98 Å². The summed E-state index contributed by atoms with van der Waals surface area (Å²) in [5.41, 5.74) is -0.985. The fraction of sp³-hybridized carbons (Fsp3) is 0.690. The monoisotopic (exact) mass is 563 g/mol. The van der Waals surface area contributed by atoms with Crippen molar-refractivity contribution in [2.75, 3.05) is 0 Å². The molecule has 3 fully saturated rings. The SMILES string of the molecule is Cc1nc(/C=C(\Cl)C2CC3OC3(C)CCCC(C)C(O)C(CC3=CO3)C(=O)C3(CCC3)C(O)CC(=O)O2)co1. The van der Waals surface area contributed by atoms with Crippen LogP contribution in [0.4, 0.5) is 0 Å². The fourth-order valence-corrected chi connectivity index (χ4v) is 6.44. The van der Waals surface area contributed by atoms with E-state index in [1.165, 1.54) is 6.26 Å². The number of carbonyl (C=O) groups is 2. The summed E-state index contributed by atoms with van der Waals surface area (Å²) in [6.07, 6.45) is 5.81. The third kappa shape index (κ3) is 6.11. The average Bonchev–Trinajstić information content (AvgIpc) is 3.74. The van der Waals surface area contributed by atoms with Gasteiger partial charge in [0.15, 0.2) is 5.89 Å². The Morgan fingerprint density at radius 2 is 1.97 bits per heavy atom. The van der Waals surface area contributed by atoms with Crippen molar-refractivity contribution in [1.82, 2.24) is 4.98 Å². The average molecular weight is 564 g/mol. The van der Waals surface area contributed by atoms with Gasteiger partial charge in [0.1, 0.15) is 35.9 Å². The first-order valence-electron chi connectivity index (χ1n) is 13.9. The molecule has 0 amide bonds. The maximum absolute atomic E-state index is 13.9. The number of halogens is 1. The number of allylic oxidation sites excluding steroid dienone is 1. The van der Waals surface area contributed by atoms with Crippen LogP contribution in [0, 0.1) is 24.2 Å². The number of cyclic esters (lactones) is 1. The predicted octanol–water partition coefficient (Wildman–Crippen LogP) is 4.57. The second-order valence-electron chi connectivity index (χ2n) is 11.9. The van der Waals surface area contributed by atoms with Crippen molar-refractivity contribution in [2.45, 2.75) is 109 Å². The third-order valence-corrected chi connectivity index (χ3v) is 9.42. The molecule has 0 bridgehead atoms. The number of ether oxygens (including phenoxy) is 3. The molecule has 39 heavy (non-hydrogen) atoms. The lowest BCUT2D eigenvalue weighted by Crippen LogP contribution is -2.53. The molecular formula is C29H38ClNO8. The molecule has 1 saturated carbocycles. The molecule has 1 spiro atoms. The predicted molar refractivity (Wildman–Crippen MR) is 141 cm³/mol. The highest BCUT2D eigenvalue weighted by molar-refractivity contribution is 6.32. The van der Waals surface area contributed by atoms with Crippen LogP contribution in [-0.2, 0) is 23.8 Å². The summed E-state index contributed by atoms with van der Waals surface area (Å²) >= 11 is 6.64. The number of hydrogen-bond donors (Lipinski definition) is 2. The summed E-state index contributed by atoms with van der Waals surface area (Å²) in [7, 11) is 0. The van der Waals surface area contributed by atoms with E-state index in [9.17, 15) is 19.8 Å². The van der Waals surface area contributed by atoms with Crippen molar-refractivity contribution in [2.24, 2.45) is 17.3 Å². The first kappa shape index (κ1) is 28.3. The smallest absolute Gasteiger partial charge is 0.309 e. The van der Waals surface area contributed by atoms with Gasteiger partial charge in [-0.25, -0.2) is 4.98 Å². The summed E-state index contributed by atoms with van der Waals surface area (Å²) in [5.74, 6) is -0.551. The number of hydrogen-bond acceptors (Lipinski definition) is 9. The number of aliphatic hydroxyl groups is 2. The molecule has 1 aromatic rings. The van der Waals surface area contributed by atoms with Gasteiger partial charge in [-0.15, -0.1) is 0 Å². The number of epoxide rings is 1. The number of ketones is 1. The van der Waals surface area contributed by atoms with Crippen LogP contribution in [0.15, 0.2) is 27.7 Å². The summed E-state index contributed by atoms with van der Waals surface area (Å²) in [6, 6.07) is 0. The van der Waals surface area contributed by atoms with Crippen LogP contribution >= 0.6 is 11.6 Å². The number of aromatic nitrogens is 1. The van der Waals surface area contributed by atoms with Crippen molar-refractivity contribution in [1.29, 1.82) is 0 Å². The lowest BCUT2D eigenvalue weighted by Gasteiger charge is -2.46. The molecule has 0 aromatic carbocycles. The number of Topliss-reactive ketones (excluding diaryl/α,β-unsaturated/α-hetero) is 1. The molecule has 5 rings (SSSR count). The second kappa shape index (κ2) is 11.0. The highest BCUT2D eigenvalue weighted by Crippen LogP contribution is 2.50. The Morgan fingerprint density at radius 3 is 2.59 bits per heavy atom. The van der Waals surface area contributed by atoms with E-state index in [1.807, 2.05) is 13.8 Å². The maximum Gasteiger partial charge on any atom is 0.309 e. The third-order valence-electron chi connectivity index (χ3n) is 9.07. The molecule has 0 radical (unpaired) electrons. The zero-order valence-corrected chi connectivity index (χ0v) is 23.5. The minimum Gasteiger partial charge on any atom is -0.463 e. The van der Waals surface area contributed by atoms with Crippen LogP contribution in [0.2, 0.25) is 0 Å². The van der Waals surface area contributed by atoms with Gasteiger partial charge in [-0.2, -0.15) is 0 Å². The van der Waals surface area contributed by atoms with E-state index in [0.29, 0.717) is 36.6 Å². The minimum atomic E-state index is -1.23. The summed E-state index contributed by atoms with van der Waals surface area (Å²) in [5, 5.41) is 22.8. The lowest BCUT2D eigenvalue weighted by atomic mass is 9.58. The maximum atomic E-state index is 13.9. The van der Waals surface area contributed by atoms with Crippen LogP contribution in [0.5, 0.6) is 0 Å². The van der Waals surface area contributed by atoms with Gasteiger partial charge >= 0.3 is 5.97 Å². The molecular weight excluding hydrogens is 526 g/mol. The van der Waals surface area contributed by atoms with E-state index < -0.39 is 41.2 Å². The zero-order valence-electron chi connectivity index (χ0n) is 22.7. The molecule has 7 atom stereocenters. The van der Waals surface area contributed by atoms with Crippen molar-refractivity contribution in [3.63, 3.8) is 0 Å². The number of rotatable bonds is 4. The zero-order chi connectivity index (χ0) is 27.9. The number of esters is 1. The molecule has 7 unspecified atom stereocenters. The van der Waals surface area contributed by atoms with Crippen molar-refractivity contribution in [3.05, 3.63) is 34.9 Å². The molecule has 214 valence electrons. The quantitative estimate of drug-likeness (QED) is 0.399. The largest absolute Gasteiger partial charge is 0.463 e. The van der Waals surface area contributed by atoms with Gasteiger partial charge in [0.05, 0.1) is 46.7 Å². The molecule has 1 aromatic heterocycles. The van der Waals surface area contributed by atoms with E-state index in [1.54, 1.807) is 19.3 Å². The molecule has 1 aliphatic carbocycles. The van der Waals surface area contributed by atoms with Gasteiger partial charge in [0.2, 0.25) is 0 Å². The highest BCUT2D eigenvalue weighted by Gasteiger charge is 2.55. The molecule has 3 aliphatic heterocycles. The Hall–Kier alpha value is -2.20. The van der Waals surface area contributed by atoms with E-state index >= 15 is 0 Å². The van der Waals surface area contributed by atoms with Crippen molar-refractivity contribution < 1.29 is 38.4 Å². The Kier molecular flexibility index (Phi) is 7.99. The standard InChI is InChI=1S/C29H38ClNO8/c1-16-6-4-7-28(3)24(39-28)12-22(21(30)10-18-14-36-17(2)31-18)38-25(33)13-23(32)29(8-5-9-29)27(35)20(26(16)34)11-19-15-37-19/h10,14-16,20,22-24,26,32,34H,4-9,11-13H2,1-3H3/b21-10-. The van der Waals surface area contributed by atoms with Crippen LogP contribution in [0.3, 0.4) is 0 Å². The van der Waals surface area contributed by atoms with Crippen LogP contribution < -0.4 is 0 Å². The number of oxazole rings is 1. The number of aryl methyl sites for hydroxylation is 1.